The third-order valence-electron chi connectivity index (χ3n) is 5.44. The van der Waals surface area contributed by atoms with E-state index in [0.717, 1.165) is 24.3 Å². The quantitative estimate of drug-likeness (QED) is 0.300. The first kappa shape index (κ1) is 22.1. The molecule has 1 aliphatic rings. The maximum Gasteiger partial charge on any atom is 0.573 e. The van der Waals surface area contributed by atoms with Gasteiger partial charge in [0.2, 0.25) is 5.75 Å². The standard InChI is InChI=1S/C22H21F5O3/c1-2-13-3-5-14(6-4-13)15-7-9-16(10-8-15)21(28)29-17-11-18(23)20(19(24)12-17)30-22(25,26)27/h7-14H,2-6H2,1H3. The van der Waals surface area contributed by atoms with Gasteiger partial charge in [0.15, 0.2) is 11.6 Å². The van der Waals surface area contributed by atoms with Crippen LogP contribution in [0.1, 0.15) is 60.9 Å². The molecule has 8 heteroatoms. The maximum atomic E-state index is 13.7. The summed E-state index contributed by atoms with van der Waals surface area (Å²) in [6.07, 6.45) is 0.464. The third kappa shape index (κ3) is 5.49. The van der Waals surface area contributed by atoms with E-state index in [0.29, 0.717) is 18.1 Å². The van der Waals surface area contributed by atoms with Gasteiger partial charge in [-0.3, -0.25) is 0 Å². The largest absolute Gasteiger partial charge is 0.573 e. The molecule has 0 amide bonds. The lowest BCUT2D eigenvalue weighted by Gasteiger charge is -2.28. The van der Waals surface area contributed by atoms with Crippen LogP contribution in [0.15, 0.2) is 36.4 Å². The molecule has 1 saturated carbocycles. The molecule has 162 valence electrons. The minimum Gasteiger partial charge on any atom is -0.423 e. The van der Waals surface area contributed by atoms with Gasteiger partial charge in [0.05, 0.1) is 5.56 Å². The Labute approximate surface area is 170 Å². The lowest BCUT2D eigenvalue weighted by molar-refractivity contribution is -0.276. The van der Waals surface area contributed by atoms with E-state index in [1.807, 2.05) is 12.1 Å². The van der Waals surface area contributed by atoms with Crippen molar-refractivity contribution < 1.29 is 36.2 Å². The van der Waals surface area contributed by atoms with Crippen molar-refractivity contribution in [2.45, 2.75) is 51.3 Å². The average Bonchev–Trinajstić information content (AvgIpc) is 2.70. The molecular weight excluding hydrogens is 407 g/mol. The van der Waals surface area contributed by atoms with Crippen molar-refractivity contribution in [2.24, 2.45) is 5.92 Å². The summed E-state index contributed by atoms with van der Waals surface area (Å²) in [5, 5.41) is 0. The van der Waals surface area contributed by atoms with Gasteiger partial charge in [0.25, 0.3) is 0 Å². The highest BCUT2D eigenvalue weighted by Gasteiger charge is 2.34. The van der Waals surface area contributed by atoms with E-state index in [1.54, 1.807) is 12.1 Å². The highest BCUT2D eigenvalue weighted by Crippen LogP contribution is 2.37. The van der Waals surface area contributed by atoms with Crippen molar-refractivity contribution in [2.75, 3.05) is 0 Å². The first-order valence-electron chi connectivity index (χ1n) is 9.73. The number of carbonyl (C=O) groups excluding carboxylic acids is 1. The van der Waals surface area contributed by atoms with Crippen LogP contribution in [-0.4, -0.2) is 12.3 Å². The van der Waals surface area contributed by atoms with Gasteiger partial charge in [-0.2, -0.15) is 0 Å². The van der Waals surface area contributed by atoms with Gasteiger partial charge in [-0.15, -0.1) is 13.2 Å². The van der Waals surface area contributed by atoms with Crippen molar-refractivity contribution in [3.63, 3.8) is 0 Å². The predicted molar refractivity (Wildman–Crippen MR) is 99.4 cm³/mol. The first-order valence-corrected chi connectivity index (χ1v) is 9.73. The Morgan fingerprint density at radius 1 is 1.00 bits per heavy atom. The van der Waals surface area contributed by atoms with Gasteiger partial charge < -0.3 is 9.47 Å². The molecule has 2 aromatic carbocycles. The van der Waals surface area contributed by atoms with Gasteiger partial charge in [0.1, 0.15) is 5.75 Å². The van der Waals surface area contributed by atoms with Crippen LogP contribution < -0.4 is 9.47 Å². The summed E-state index contributed by atoms with van der Waals surface area (Å²) in [6, 6.07) is 7.71. The number of halogens is 5. The number of benzene rings is 2. The molecule has 1 fully saturated rings. The van der Waals surface area contributed by atoms with Crippen LogP contribution in [0.4, 0.5) is 22.0 Å². The van der Waals surface area contributed by atoms with Crippen molar-refractivity contribution in [1.82, 2.24) is 0 Å². The molecule has 0 spiro atoms. The molecule has 0 aliphatic heterocycles. The monoisotopic (exact) mass is 428 g/mol. The third-order valence-corrected chi connectivity index (χ3v) is 5.44. The molecule has 0 aromatic heterocycles. The highest BCUT2D eigenvalue weighted by atomic mass is 19.4. The van der Waals surface area contributed by atoms with Crippen LogP contribution in [-0.2, 0) is 0 Å². The normalized spacial score (nSPS) is 19.4. The van der Waals surface area contributed by atoms with E-state index < -0.39 is 35.5 Å². The molecule has 0 bridgehead atoms. The summed E-state index contributed by atoms with van der Waals surface area (Å²) >= 11 is 0. The van der Waals surface area contributed by atoms with Crippen molar-refractivity contribution >= 4 is 5.97 Å². The number of rotatable bonds is 5. The molecule has 1 aliphatic carbocycles. The molecule has 0 saturated heterocycles. The number of alkyl halides is 3. The molecule has 0 atom stereocenters. The summed E-state index contributed by atoms with van der Waals surface area (Å²) in [7, 11) is 0. The zero-order chi connectivity index (χ0) is 21.9. The van der Waals surface area contributed by atoms with E-state index >= 15 is 0 Å². The Morgan fingerprint density at radius 2 is 1.57 bits per heavy atom. The van der Waals surface area contributed by atoms with Crippen molar-refractivity contribution in [3.8, 4) is 11.5 Å². The van der Waals surface area contributed by atoms with E-state index in [2.05, 4.69) is 11.7 Å². The zero-order valence-corrected chi connectivity index (χ0v) is 16.3. The van der Waals surface area contributed by atoms with Gasteiger partial charge >= 0.3 is 12.3 Å². The molecule has 0 unspecified atom stereocenters. The fraction of sp³-hybridized carbons (Fsp3) is 0.409. The van der Waals surface area contributed by atoms with E-state index in [1.165, 1.54) is 19.3 Å². The van der Waals surface area contributed by atoms with Crippen LogP contribution in [0.5, 0.6) is 11.5 Å². The first-order chi connectivity index (χ1) is 14.2. The van der Waals surface area contributed by atoms with Gasteiger partial charge in [-0.1, -0.05) is 25.5 Å². The topological polar surface area (TPSA) is 35.5 Å². The molecule has 0 heterocycles. The number of esters is 1. The second-order valence-electron chi connectivity index (χ2n) is 7.40. The summed E-state index contributed by atoms with van der Waals surface area (Å²) in [4.78, 5) is 12.2. The lowest BCUT2D eigenvalue weighted by Crippen LogP contribution is -2.19. The number of ether oxygens (including phenoxy) is 2. The Bertz CT molecular complexity index is 862. The minimum atomic E-state index is -5.25. The zero-order valence-electron chi connectivity index (χ0n) is 16.3. The summed E-state index contributed by atoms with van der Waals surface area (Å²) in [6.45, 7) is 2.19. The van der Waals surface area contributed by atoms with Crippen LogP contribution >= 0.6 is 0 Å². The number of carbonyl (C=O) groups is 1. The fourth-order valence-corrected chi connectivity index (χ4v) is 3.77. The summed E-state index contributed by atoms with van der Waals surface area (Å²) < 4.78 is 72.3. The SMILES string of the molecule is CCC1CCC(c2ccc(C(=O)Oc3cc(F)c(OC(F)(F)F)c(F)c3)cc2)CC1. The smallest absolute Gasteiger partial charge is 0.423 e. The van der Waals surface area contributed by atoms with Crippen LogP contribution in [0.2, 0.25) is 0 Å². The van der Waals surface area contributed by atoms with Crippen LogP contribution in [0, 0.1) is 17.6 Å². The molecule has 2 aromatic rings. The Morgan fingerprint density at radius 3 is 2.07 bits per heavy atom. The highest BCUT2D eigenvalue weighted by molar-refractivity contribution is 5.91. The molecule has 3 rings (SSSR count). The molecule has 0 N–H and O–H groups in total. The summed E-state index contributed by atoms with van der Waals surface area (Å²) in [5.41, 5.74) is 1.28. The molecule has 30 heavy (non-hydrogen) atoms. The lowest BCUT2D eigenvalue weighted by atomic mass is 9.78. The minimum absolute atomic E-state index is 0.164. The Hall–Kier alpha value is -2.64. The summed E-state index contributed by atoms with van der Waals surface area (Å²) in [5.74, 6) is -5.11. The van der Waals surface area contributed by atoms with Gasteiger partial charge in [-0.05, 0) is 55.2 Å². The number of hydrogen-bond donors (Lipinski definition) is 0. The number of hydrogen-bond acceptors (Lipinski definition) is 3. The molecule has 3 nitrogen and oxygen atoms in total. The molecular formula is C22H21F5O3. The van der Waals surface area contributed by atoms with Crippen molar-refractivity contribution in [3.05, 3.63) is 59.2 Å². The Kier molecular flexibility index (Phi) is 6.63. The van der Waals surface area contributed by atoms with Gasteiger partial charge in [0, 0.05) is 12.1 Å². The predicted octanol–water partition coefficient (Wildman–Crippen LogP) is 6.77. The molecule has 0 radical (unpaired) electrons. The maximum absolute atomic E-state index is 13.7. The second-order valence-corrected chi connectivity index (χ2v) is 7.40. The van der Waals surface area contributed by atoms with Crippen molar-refractivity contribution in [1.29, 1.82) is 0 Å². The average molecular weight is 428 g/mol. The second kappa shape index (κ2) is 9.02. The van der Waals surface area contributed by atoms with E-state index in [-0.39, 0.29) is 5.56 Å². The van der Waals surface area contributed by atoms with Crippen LogP contribution in [0.25, 0.3) is 0 Å². The van der Waals surface area contributed by atoms with E-state index in [4.69, 9.17) is 4.74 Å². The van der Waals surface area contributed by atoms with Gasteiger partial charge in [-0.25, -0.2) is 13.6 Å². The fourth-order valence-electron chi connectivity index (χ4n) is 3.77. The Balaban J connectivity index is 1.66. The van der Waals surface area contributed by atoms with Crippen LogP contribution in [0.3, 0.4) is 0 Å². The van der Waals surface area contributed by atoms with E-state index in [9.17, 15) is 26.7 Å².